The normalized spacial score (nSPS) is 15.4. The zero-order valence-electron chi connectivity index (χ0n) is 19.4. The van der Waals surface area contributed by atoms with E-state index >= 15 is 4.39 Å². The number of piperidine rings is 1. The standard InChI is InChI=1S/C27H25ClFN5S2/c28-21-8-2-4-10-25(21)36-34-18-11-12-26(22(29)16-18)35-24-9-3-1-7-20(24)23-13-15-31-27(33-23)32-19-6-5-14-30-17-19/h1-4,7-13,15-16,19,30,34H,5-6,14,17H2,(H,31,32,33). The Kier molecular flexibility index (Phi) is 8.28. The fourth-order valence-electron chi connectivity index (χ4n) is 3.91. The average molecular weight is 538 g/mol. The largest absolute Gasteiger partial charge is 0.350 e. The van der Waals surface area contributed by atoms with Gasteiger partial charge in [-0.25, -0.2) is 14.4 Å². The van der Waals surface area contributed by atoms with E-state index in [1.807, 2.05) is 60.7 Å². The first-order chi connectivity index (χ1) is 17.7. The van der Waals surface area contributed by atoms with Gasteiger partial charge in [0.25, 0.3) is 0 Å². The van der Waals surface area contributed by atoms with Crippen LogP contribution in [0.5, 0.6) is 0 Å². The number of halogens is 2. The first kappa shape index (κ1) is 24.9. The predicted molar refractivity (Wildman–Crippen MR) is 148 cm³/mol. The van der Waals surface area contributed by atoms with Gasteiger partial charge in [-0.1, -0.05) is 53.7 Å². The Morgan fingerprint density at radius 3 is 2.61 bits per heavy atom. The molecule has 9 heteroatoms. The van der Waals surface area contributed by atoms with Crippen molar-refractivity contribution in [1.29, 1.82) is 0 Å². The first-order valence-corrected chi connectivity index (χ1v) is 13.7. The van der Waals surface area contributed by atoms with Crippen LogP contribution in [0.3, 0.4) is 0 Å². The molecule has 1 aromatic heterocycles. The van der Waals surface area contributed by atoms with Crippen molar-refractivity contribution in [2.24, 2.45) is 0 Å². The lowest BCUT2D eigenvalue weighted by Gasteiger charge is -2.23. The number of benzene rings is 3. The maximum atomic E-state index is 15.1. The Labute approximate surface area is 223 Å². The van der Waals surface area contributed by atoms with Gasteiger partial charge in [-0.2, -0.15) is 0 Å². The molecule has 1 unspecified atom stereocenters. The van der Waals surface area contributed by atoms with E-state index in [9.17, 15) is 0 Å². The van der Waals surface area contributed by atoms with Crippen LogP contribution in [0.2, 0.25) is 5.02 Å². The van der Waals surface area contributed by atoms with E-state index in [1.54, 1.807) is 12.3 Å². The summed E-state index contributed by atoms with van der Waals surface area (Å²) >= 11 is 8.94. The molecule has 0 bridgehead atoms. The zero-order chi connectivity index (χ0) is 24.7. The number of hydrogen-bond acceptors (Lipinski definition) is 7. The number of nitrogens with zero attached hydrogens (tertiary/aromatic N) is 2. The van der Waals surface area contributed by atoms with Crippen LogP contribution >= 0.6 is 35.3 Å². The highest BCUT2D eigenvalue weighted by Gasteiger charge is 2.15. The van der Waals surface area contributed by atoms with Crippen LogP contribution in [-0.2, 0) is 0 Å². The van der Waals surface area contributed by atoms with Crippen molar-refractivity contribution in [3.63, 3.8) is 0 Å². The van der Waals surface area contributed by atoms with Crippen molar-refractivity contribution in [2.45, 2.75) is 33.6 Å². The van der Waals surface area contributed by atoms with Gasteiger partial charge >= 0.3 is 0 Å². The average Bonchev–Trinajstić information content (AvgIpc) is 2.91. The third kappa shape index (κ3) is 6.31. The SMILES string of the molecule is Fc1cc(NSc2ccccc2Cl)ccc1Sc1ccccc1-c1ccnc(NC2CCCNC2)n1. The molecular weight excluding hydrogens is 513 g/mol. The molecule has 0 spiro atoms. The number of aromatic nitrogens is 2. The molecule has 0 saturated carbocycles. The fourth-order valence-corrected chi connectivity index (χ4v) is 5.79. The molecule has 1 atom stereocenters. The van der Waals surface area contributed by atoms with Gasteiger partial charge in [0.15, 0.2) is 0 Å². The van der Waals surface area contributed by atoms with E-state index in [1.165, 1.54) is 29.8 Å². The van der Waals surface area contributed by atoms with Crippen LogP contribution in [0.1, 0.15) is 12.8 Å². The summed E-state index contributed by atoms with van der Waals surface area (Å²) in [5.74, 6) is 0.313. The summed E-state index contributed by atoms with van der Waals surface area (Å²) < 4.78 is 18.2. The molecule has 1 fully saturated rings. The molecule has 4 aromatic rings. The minimum atomic E-state index is -0.297. The lowest BCUT2D eigenvalue weighted by atomic mass is 10.1. The lowest BCUT2D eigenvalue weighted by Crippen LogP contribution is -2.38. The van der Waals surface area contributed by atoms with E-state index in [4.69, 9.17) is 16.6 Å². The summed E-state index contributed by atoms with van der Waals surface area (Å²) in [6.07, 6.45) is 3.99. The molecule has 184 valence electrons. The number of nitrogens with one attached hydrogen (secondary N) is 3. The van der Waals surface area contributed by atoms with Crippen molar-refractivity contribution in [3.8, 4) is 11.3 Å². The second-order valence-electron chi connectivity index (χ2n) is 8.33. The Balaban J connectivity index is 1.31. The van der Waals surface area contributed by atoms with Gasteiger partial charge in [0.05, 0.1) is 10.7 Å². The first-order valence-electron chi connectivity index (χ1n) is 11.7. The third-order valence-electron chi connectivity index (χ3n) is 5.72. The van der Waals surface area contributed by atoms with Crippen molar-refractivity contribution < 1.29 is 4.39 Å². The number of rotatable bonds is 8. The summed E-state index contributed by atoms with van der Waals surface area (Å²) in [5, 5.41) is 7.48. The van der Waals surface area contributed by atoms with Crippen molar-refractivity contribution in [2.75, 3.05) is 23.1 Å². The molecule has 3 aromatic carbocycles. The quantitative estimate of drug-likeness (QED) is 0.203. The monoisotopic (exact) mass is 537 g/mol. The summed E-state index contributed by atoms with van der Waals surface area (Å²) in [7, 11) is 0. The Hall–Kier alpha value is -2.78. The van der Waals surface area contributed by atoms with Gasteiger partial charge in [0, 0.05) is 44.7 Å². The van der Waals surface area contributed by atoms with E-state index in [0.717, 1.165) is 47.0 Å². The summed E-state index contributed by atoms with van der Waals surface area (Å²) in [4.78, 5) is 11.5. The van der Waals surface area contributed by atoms with E-state index < -0.39 is 0 Å². The summed E-state index contributed by atoms with van der Waals surface area (Å²) in [6.45, 7) is 1.96. The molecule has 0 amide bonds. The van der Waals surface area contributed by atoms with Crippen LogP contribution < -0.4 is 15.4 Å². The van der Waals surface area contributed by atoms with Crippen LogP contribution in [0.4, 0.5) is 16.0 Å². The molecule has 1 aliphatic heterocycles. The second-order valence-corrected chi connectivity index (χ2v) is 10.7. The van der Waals surface area contributed by atoms with Gasteiger partial charge in [-0.05, 0) is 73.8 Å². The van der Waals surface area contributed by atoms with Gasteiger partial charge in [-0.3, -0.25) is 0 Å². The highest BCUT2D eigenvalue weighted by atomic mass is 35.5. The Morgan fingerprint density at radius 1 is 0.972 bits per heavy atom. The molecule has 36 heavy (non-hydrogen) atoms. The molecule has 0 radical (unpaired) electrons. The van der Waals surface area contributed by atoms with Crippen LogP contribution in [-0.4, -0.2) is 29.1 Å². The maximum absolute atomic E-state index is 15.1. The summed E-state index contributed by atoms with van der Waals surface area (Å²) in [6, 6.07) is 22.8. The second kappa shape index (κ2) is 12.0. The Bertz CT molecular complexity index is 1330. The van der Waals surface area contributed by atoms with Gasteiger partial charge < -0.3 is 15.4 Å². The van der Waals surface area contributed by atoms with Crippen LogP contribution in [0.15, 0.2) is 93.7 Å². The number of hydrogen-bond donors (Lipinski definition) is 3. The fraction of sp³-hybridized carbons (Fsp3) is 0.185. The van der Waals surface area contributed by atoms with Gasteiger partial charge in [0.1, 0.15) is 5.82 Å². The highest BCUT2D eigenvalue weighted by molar-refractivity contribution is 8.00. The lowest BCUT2D eigenvalue weighted by molar-refractivity contribution is 0.478. The molecule has 3 N–H and O–H groups in total. The smallest absolute Gasteiger partial charge is 0.223 e. The molecule has 0 aliphatic carbocycles. The van der Waals surface area contributed by atoms with Crippen LogP contribution in [0, 0.1) is 5.82 Å². The molecular formula is C27H25ClFN5S2. The van der Waals surface area contributed by atoms with Gasteiger partial charge in [0.2, 0.25) is 5.95 Å². The van der Waals surface area contributed by atoms with Gasteiger partial charge in [-0.15, -0.1) is 0 Å². The summed E-state index contributed by atoms with van der Waals surface area (Å²) in [5.41, 5.74) is 2.40. The highest BCUT2D eigenvalue weighted by Crippen LogP contribution is 2.38. The van der Waals surface area contributed by atoms with E-state index in [2.05, 4.69) is 20.3 Å². The molecule has 5 nitrogen and oxygen atoms in total. The van der Waals surface area contributed by atoms with Crippen molar-refractivity contribution in [1.82, 2.24) is 15.3 Å². The third-order valence-corrected chi connectivity index (χ3v) is 8.20. The number of anilines is 2. The van der Waals surface area contributed by atoms with Crippen molar-refractivity contribution in [3.05, 3.63) is 89.8 Å². The van der Waals surface area contributed by atoms with Crippen LogP contribution in [0.25, 0.3) is 11.3 Å². The predicted octanol–water partition coefficient (Wildman–Crippen LogP) is 7.37. The zero-order valence-corrected chi connectivity index (χ0v) is 21.8. The van der Waals surface area contributed by atoms with E-state index in [-0.39, 0.29) is 5.82 Å². The molecule has 5 rings (SSSR count). The minimum Gasteiger partial charge on any atom is -0.350 e. The Morgan fingerprint density at radius 2 is 1.81 bits per heavy atom. The molecule has 2 heterocycles. The van der Waals surface area contributed by atoms with Crippen molar-refractivity contribution >= 4 is 46.9 Å². The topological polar surface area (TPSA) is 61.9 Å². The molecule has 1 aliphatic rings. The minimum absolute atomic E-state index is 0.297. The molecule has 1 saturated heterocycles. The maximum Gasteiger partial charge on any atom is 0.223 e. The van der Waals surface area contributed by atoms with E-state index in [0.29, 0.717) is 27.6 Å².